The molecule has 0 aromatic carbocycles. The Morgan fingerprint density at radius 2 is 0.439 bits per heavy atom. The van der Waals surface area contributed by atoms with E-state index in [1.54, 1.807) is 0 Å². The maximum Gasteiger partial charge on any atom is 0.306 e. The molecular weight excluding hydrogens is 1010 g/mol. The predicted molar refractivity (Wildman–Crippen MR) is 358 cm³/mol. The molecule has 0 N–H and O–H groups in total. The number of carbonyl (C=O) groups is 3. The number of allylic oxidation sites excluding steroid dienone is 10. The largest absolute Gasteiger partial charge is 0.462 e. The summed E-state index contributed by atoms with van der Waals surface area (Å²) < 4.78 is 17.0. The maximum absolute atomic E-state index is 13.0. The summed E-state index contributed by atoms with van der Waals surface area (Å²) >= 11 is 0. The lowest BCUT2D eigenvalue weighted by atomic mass is 10.0. The number of esters is 3. The number of hydrogen-bond donors (Lipinski definition) is 0. The molecule has 1 atom stereocenters. The molecule has 0 saturated heterocycles. The Bertz CT molecular complexity index is 1460. The fourth-order valence-electron chi connectivity index (χ4n) is 10.7. The molecule has 0 amide bonds. The van der Waals surface area contributed by atoms with Gasteiger partial charge in [-0.1, -0.05) is 319 Å². The van der Waals surface area contributed by atoms with Crippen LogP contribution in [0.25, 0.3) is 0 Å². The SMILES string of the molecule is CCCCCCC/C=C\C/C=C\C/C=C\CCCCCCCCCCC(=O)OCC(COC(=O)CCCCCCCCC/C=C\CCCCCCCCC)OC(=O)CCCCCCCCCCCCC/C=C\CCCCCCCCCC. The Labute approximate surface area is 510 Å². The van der Waals surface area contributed by atoms with Gasteiger partial charge in [0, 0.05) is 19.3 Å². The topological polar surface area (TPSA) is 78.9 Å². The van der Waals surface area contributed by atoms with Crippen LogP contribution in [-0.2, 0) is 28.6 Å². The minimum absolute atomic E-state index is 0.0765. The van der Waals surface area contributed by atoms with Crippen molar-refractivity contribution in [2.24, 2.45) is 0 Å². The Balaban J connectivity index is 4.36. The molecule has 1 unspecified atom stereocenters. The molecule has 0 radical (unpaired) electrons. The Hall–Kier alpha value is -2.89. The molecule has 6 nitrogen and oxygen atoms in total. The molecular formula is C76H138O6. The third-order valence-corrected chi connectivity index (χ3v) is 16.2. The fraction of sp³-hybridized carbons (Fsp3) is 0.829. The van der Waals surface area contributed by atoms with E-state index >= 15 is 0 Å². The highest BCUT2D eigenvalue weighted by Gasteiger charge is 2.19. The fourth-order valence-corrected chi connectivity index (χ4v) is 10.7. The van der Waals surface area contributed by atoms with Gasteiger partial charge >= 0.3 is 17.9 Å². The van der Waals surface area contributed by atoms with Crippen LogP contribution >= 0.6 is 0 Å². The van der Waals surface area contributed by atoms with Gasteiger partial charge in [0.2, 0.25) is 0 Å². The average Bonchev–Trinajstić information content (AvgIpc) is 3.47. The van der Waals surface area contributed by atoms with Crippen molar-refractivity contribution in [1.29, 1.82) is 0 Å². The van der Waals surface area contributed by atoms with E-state index < -0.39 is 6.10 Å². The van der Waals surface area contributed by atoms with Gasteiger partial charge in [0.05, 0.1) is 0 Å². The van der Waals surface area contributed by atoms with E-state index in [0.29, 0.717) is 19.3 Å². The van der Waals surface area contributed by atoms with Gasteiger partial charge in [0.1, 0.15) is 13.2 Å². The van der Waals surface area contributed by atoms with Gasteiger partial charge in [-0.3, -0.25) is 14.4 Å². The van der Waals surface area contributed by atoms with Crippen LogP contribution in [0.2, 0.25) is 0 Å². The van der Waals surface area contributed by atoms with E-state index in [0.717, 1.165) is 77.0 Å². The smallest absolute Gasteiger partial charge is 0.306 e. The zero-order valence-corrected chi connectivity index (χ0v) is 55.0. The molecule has 0 aromatic heterocycles. The summed E-state index contributed by atoms with van der Waals surface area (Å²) in [5.74, 6) is -0.864. The first-order chi connectivity index (χ1) is 40.5. The summed E-state index contributed by atoms with van der Waals surface area (Å²) in [5, 5.41) is 0. The lowest BCUT2D eigenvalue weighted by molar-refractivity contribution is -0.167. The average molecular weight is 1150 g/mol. The molecule has 0 rings (SSSR count). The summed E-state index contributed by atoms with van der Waals surface area (Å²) in [7, 11) is 0. The van der Waals surface area contributed by atoms with Gasteiger partial charge in [-0.2, -0.15) is 0 Å². The summed E-state index contributed by atoms with van der Waals surface area (Å²) in [6.07, 6.45) is 91.0. The minimum atomic E-state index is -0.782. The molecule has 0 fully saturated rings. The van der Waals surface area contributed by atoms with Crippen molar-refractivity contribution in [2.75, 3.05) is 13.2 Å². The number of unbranched alkanes of at least 4 members (excludes halogenated alkanes) is 46. The number of hydrogen-bond acceptors (Lipinski definition) is 6. The molecule has 82 heavy (non-hydrogen) atoms. The minimum Gasteiger partial charge on any atom is -0.462 e. The summed E-state index contributed by atoms with van der Waals surface area (Å²) in [6, 6.07) is 0. The zero-order valence-electron chi connectivity index (χ0n) is 55.0. The van der Waals surface area contributed by atoms with Crippen molar-refractivity contribution in [3.63, 3.8) is 0 Å². The van der Waals surface area contributed by atoms with Gasteiger partial charge in [0.15, 0.2) is 6.10 Å². The first kappa shape index (κ1) is 79.1. The van der Waals surface area contributed by atoms with Gasteiger partial charge in [-0.15, -0.1) is 0 Å². The first-order valence-electron chi connectivity index (χ1n) is 36.3. The second-order valence-corrected chi connectivity index (χ2v) is 24.5. The summed E-state index contributed by atoms with van der Waals surface area (Å²) in [6.45, 7) is 6.68. The maximum atomic E-state index is 13.0. The third-order valence-electron chi connectivity index (χ3n) is 16.2. The second kappa shape index (κ2) is 70.6. The molecule has 0 aliphatic carbocycles. The van der Waals surface area contributed by atoms with Crippen molar-refractivity contribution in [2.45, 2.75) is 393 Å². The molecule has 6 heteroatoms. The van der Waals surface area contributed by atoms with Crippen molar-refractivity contribution >= 4 is 17.9 Å². The quantitative estimate of drug-likeness (QED) is 0.0261. The van der Waals surface area contributed by atoms with E-state index in [1.165, 1.54) is 270 Å². The molecule has 0 aliphatic rings. The van der Waals surface area contributed by atoms with E-state index in [9.17, 15) is 14.4 Å². The van der Waals surface area contributed by atoms with E-state index in [4.69, 9.17) is 14.2 Å². The van der Waals surface area contributed by atoms with Crippen molar-refractivity contribution in [3.05, 3.63) is 60.8 Å². The normalized spacial score (nSPS) is 12.4. The van der Waals surface area contributed by atoms with Gasteiger partial charge < -0.3 is 14.2 Å². The van der Waals surface area contributed by atoms with Crippen LogP contribution in [0.5, 0.6) is 0 Å². The van der Waals surface area contributed by atoms with E-state index in [-0.39, 0.29) is 31.1 Å². The standard InChI is InChI=1S/C76H138O6/c1-4-7-10-13-16-19-22-25-28-31-34-36-38-40-42-45-48-51-54-57-60-63-66-69-75(78)81-72-73(71-80-74(77)68-65-62-59-56-53-50-47-44-33-30-27-24-21-18-15-12-9-6-3)82-76(79)70-67-64-61-58-55-52-49-46-43-41-39-37-35-32-29-26-23-20-17-14-11-8-5-2/h22,25,30-35,38,40,73H,4-21,23-24,26-29,36-37,39,41-72H2,1-3H3/b25-22-,33-30-,34-31-,35-32-,40-38-. The van der Waals surface area contributed by atoms with E-state index in [1.807, 2.05) is 0 Å². The highest BCUT2D eigenvalue weighted by molar-refractivity contribution is 5.71. The number of ether oxygens (including phenoxy) is 3. The van der Waals surface area contributed by atoms with Crippen molar-refractivity contribution in [3.8, 4) is 0 Å². The van der Waals surface area contributed by atoms with E-state index in [2.05, 4.69) is 81.5 Å². The Kier molecular flexibility index (Phi) is 68.1. The molecule has 0 saturated carbocycles. The third kappa shape index (κ3) is 67.9. The molecule has 0 bridgehead atoms. The Morgan fingerprint density at radius 1 is 0.244 bits per heavy atom. The van der Waals surface area contributed by atoms with Gasteiger partial charge in [-0.25, -0.2) is 0 Å². The zero-order chi connectivity index (χ0) is 59.2. The molecule has 0 aromatic rings. The summed E-state index contributed by atoms with van der Waals surface area (Å²) in [4.78, 5) is 38.5. The van der Waals surface area contributed by atoms with Gasteiger partial charge in [-0.05, 0) is 109 Å². The lowest BCUT2D eigenvalue weighted by Crippen LogP contribution is -2.30. The van der Waals surface area contributed by atoms with Crippen molar-refractivity contribution < 1.29 is 28.6 Å². The highest BCUT2D eigenvalue weighted by atomic mass is 16.6. The summed E-state index contributed by atoms with van der Waals surface area (Å²) in [5.41, 5.74) is 0. The number of rotatable bonds is 67. The van der Waals surface area contributed by atoms with Crippen LogP contribution in [0, 0.1) is 0 Å². The van der Waals surface area contributed by atoms with Crippen molar-refractivity contribution in [1.82, 2.24) is 0 Å². The van der Waals surface area contributed by atoms with Crippen LogP contribution in [0.3, 0.4) is 0 Å². The molecule has 478 valence electrons. The van der Waals surface area contributed by atoms with Crippen LogP contribution in [0.4, 0.5) is 0 Å². The monoisotopic (exact) mass is 1150 g/mol. The molecule has 0 aliphatic heterocycles. The Morgan fingerprint density at radius 3 is 0.695 bits per heavy atom. The number of carbonyl (C=O) groups excluding carboxylic acids is 3. The second-order valence-electron chi connectivity index (χ2n) is 24.5. The molecule has 0 heterocycles. The van der Waals surface area contributed by atoms with Crippen LogP contribution < -0.4 is 0 Å². The van der Waals surface area contributed by atoms with Gasteiger partial charge in [0.25, 0.3) is 0 Å². The lowest BCUT2D eigenvalue weighted by Gasteiger charge is -2.18. The molecule has 0 spiro atoms. The highest BCUT2D eigenvalue weighted by Crippen LogP contribution is 2.17. The van der Waals surface area contributed by atoms with Crippen LogP contribution in [-0.4, -0.2) is 37.2 Å². The predicted octanol–water partition coefficient (Wildman–Crippen LogP) is 25.1. The first-order valence-corrected chi connectivity index (χ1v) is 36.3. The van der Waals surface area contributed by atoms with Crippen LogP contribution in [0.1, 0.15) is 387 Å². The van der Waals surface area contributed by atoms with Crippen LogP contribution in [0.15, 0.2) is 60.8 Å².